The smallest absolute Gasteiger partial charge is 0.303 e. The second-order valence-electron chi connectivity index (χ2n) is 6.31. The van der Waals surface area contributed by atoms with Crippen molar-refractivity contribution in [1.29, 1.82) is 0 Å². The van der Waals surface area contributed by atoms with Gasteiger partial charge >= 0.3 is 23.9 Å². The Balaban J connectivity index is 2.34. The molecule has 0 aliphatic carbocycles. The van der Waals surface area contributed by atoms with E-state index < -0.39 is 53.7 Å². The van der Waals surface area contributed by atoms with Gasteiger partial charge in [-0.25, -0.2) is 4.68 Å². The zero-order valence-corrected chi connectivity index (χ0v) is 17.7. The lowest BCUT2D eigenvalue weighted by atomic mass is 9.99. The Morgan fingerprint density at radius 1 is 0.933 bits per heavy atom. The molecule has 1 saturated heterocycles. The summed E-state index contributed by atoms with van der Waals surface area (Å²) in [6.45, 7) is 4.48. The van der Waals surface area contributed by atoms with E-state index in [1.807, 2.05) is 0 Å². The van der Waals surface area contributed by atoms with Gasteiger partial charge in [0.05, 0.1) is 12.1 Å². The van der Waals surface area contributed by atoms with Crippen LogP contribution < -0.4 is 0 Å². The summed E-state index contributed by atoms with van der Waals surface area (Å²) >= 11 is 1.18. The van der Waals surface area contributed by atoms with E-state index in [1.54, 1.807) is 6.20 Å². The molecule has 0 saturated carbocycles. The summed E-state index contributed by atoms with van der Waals surface area (Å²) in [5.74, 6) is -2.30. The molecule has 1 aromatic rings. The topological polar surface area (TPSA) is 145 Å². The molecule has 5 atom stereocenters. The number of hydrogen-bond acceptors (Lipinski definition) is 12. The number of nitrogens with zero attached hydrogens (tertiary/aromatic N) is 3. The second-order valence-corrected chi connectivity index (χ2v) is 7.36. The number of carbonyl (C=O) groups excluding carboxylic acids is 4. The molecular weight excluding hydrogens is 422 g/mol. The van der Waals surface area contributed by atoms with E-state index in [9.17, 15) is 19.2 Å². The Hall–Kier alpha value is -2.67. The quantitative estimate of drug-likeness (QED) is 0.394. The van der Waals surface area contributed by atoms with Crippen LogP contribution in [-0.4, -0.2) is 75.3 Å². The van der Waals surface area contributed by atoms with Gasteiger partial charge in [0, 0.05) is 33.9 Å². The molecule has 1 aromatic heterocycles. The van der Waals surface area contributed by atoms with E-state index in [2.05, 4.69) is 10.3 Å². The van der Waals surface area contributed by atoms with Crippen molar-refractivity contribution in [2.75, 3.05) is 6.61 Å². The molecule has 1 aliphatic heterocycles. The molecule has 0 spiro atoms. The van der Waals surface area contributed by atoms with Crippen molar-refractivity contribution >= 4 is 35.6 Å². The lowest BCUT2D eigenvalue weighted by Gasteiger charge is -2.44. The first-order valence-corrected chi connectivity index (χ1v) is 9.98. The van der Waals surface area contributed by atoms with Gasteiger partial charge in [-0.2, -0.15) is 0 Å². The van der Waals surface area contributed by atoms with Gasteiger partial charge in [0.15, 0.2) is 18.3 Å². The first kappa shape index (κ1) is 23.6. The molecule has 1 aliphatic rings. The van der Waals surface area contributed by atoms with Crippen molar-refractivity contribution in [3.05, 3.63) is 12.4 Å². The fraction of sp³-hybridized carbons (Fsp3) is 0.647. The maximum Gasteiger partial charge on any atom is 0.303 e. The first-order valence-electron chi connectivity index (χ1n) is 8.93. The fourth-order valence-electron chi connectivity index (χ4n) is 2.77. The van der Waals surface area contributed by atoms with Gasteiger partial charge < -0.3 is 23.7 Å². The van der Waals surface area contributed by atoms with Gasteiger partial charge in [-0.1, -0.05) is 5.21 Å². The summed E-state index contributed by atoms with van der Waals surface area (Å²) in [6.07, 6.45) is -1.30. The van der Waals surface area contributed by atoms with E-state index in [-0.39, 0.29) is 12.5 Å². The molecule has 166 valence electrons. The lowest BCUT2D eigenvalue weighted by molar-refractivity contribution is -0.237. The molecule has 0 amide bonds. The zero-order chi connectivity index (χ0) is 22.3. The Morgan fingerprint density at radius 3 is 2.07 bits per heavy atom. The summed E-state index contributed by atoms with van der Waals surface area (Å²) in [6, 6.07) is 0. The SMILES string of the molecule is CC(=O)OC[C@H]1O[C@@H](SCn2ccnn2)[C@H](OC(C)=O)[C@@H](OC(C)=O)[C@@H]1OC(C)=O. The molecule has 30 heavy (non-hydrogen) atoms. The highest BCUT2D eigenvalue weighted by Crippen LogP contribution is 2.34. The van der Waals surface area contributed by atoms with E-state index in [0.29, 0.717) is 0 Å². The van der Waals surface area contributed by atoms with Gasteiger partial charge in [0.25, 0.3) is 0 Å². The van der Waals surface area contributed by atoms with Crippen molar-refractivity contribution in [2.24, 2.45) is 0 Å². The normalized spacial score (nSPS) is 25.8. The van der Waals surface area contributed by atoms with Gasteiger partial charge in [-0.05, 0) is 0 Å². The standard InChI is InChI=1S/C17H23N3O9S/c1-9(21)25-7-13-14(26-10(2)22)15(27-11(3)23)16(28-12(4)24)17(29-13)30-8-20-6-5-18-19-20/h5-6,13-17H,7-8H2,1-4H3/t13-,14-,15+,16-,17+/m1/s1. The summed E-state index contributed by atoms with van der Waals surface area (Å²) < 4.78 is 28.5. The van der Waals surface area contributed by atoms with Crippen molar-refractivity contribution in [2.45, 2.75) is 63.4 Å². The van der Waals surface area contributed by atoms with Crippen LogP contribution in [0.25, 0.3) is 0 Å². The molecule has 0 N–H and O–H groups in total. The molecular formula is C17H23N3O9S. The number of esters is 4. The molecule has 0 aromatic carbocycles. The van der Waals surface area contributed by atoms with E-state index in [1.165, 1.54) is 50.3 Å². The Bertz CT molecular complexity index is 758. The zero-order valence-electron chi connectivity index (χ0n) is 16.9. The second kappa shape index (κ2) is 10.9. The molecule has 0 radical (unpaired) electrons. The van der Waals surface area contributed by atoms with Crippen LogP contribution in [0.1, 0.15) is 27.7 Å². The number of aromatic nitrogens is 3. The Labute approximate surface area is 176 Å². The number of carbonyl (C=O) groups is 4. The molecule has 1 fully saturated rings. The van der Waals surface area contributed by atoms with E-state index in [0.717, 1.165) is 0 Å². The maximum atomic E-state index is 11.7. The van der Waals surface area contributed by atoms with Crippen molar-refractivity contribution < 1.29 is 42.9 Å². The van der Waals surface area contributed by atoms with Gasteiger partial charge in [-0.15, -0.1) is 16.9 Å². The largest absolute Gasteiger partial charge is 0.463 e. The van der Waals surface area contributed by atoms with E-state index in [4.69, 9.17) is 23.7 Å². The molecule has 2 rings (SSSR count). The van der Waals surface area contributed by atoms with Crippen LogP contribution in [0.5, 0.6) is 0 Å². The van der Waals surface area contributed by atoms with Crippen LogP contribution in [0.3, 0.4) is 0 Å². The van der Waals surface area contributed by atoms with Crippen LogP contribution in [-0.2, 0) is 48.7 Å². The Kier molecular flexibility index (Phi) is 8.59. The van der Waals surface area contributed by atoms with Crippen molar-refractivity contribution in [3.63, 3.8) is 0 Å². The van der Waals surface area contributed by atoms with Gasteiger partial charge in [-0.3, -0.25) is 19.2 Å². The minimum absolute atomic E-state index is 0.266. The average molecular weight is 445 g/mol. The third-order valence-electron chi connectivity index (χ3n) is 3.79. The lowest BCUT2D eigenvalue weighted by Crippen LogP contribution is -2.61. The molecule has 13 heteroatoms. The molecule has 12 nitrogen and oxygen atoms in total. The summed E-state index contributed by atoms with van der Waals surface area (Å²) in [5.41, 5.74) is -0.852. The van der Waals surface area contributed by atoms with Crippen LogP contribution in [0.4, 0.5) is 0 Å². The van der Waals surface area contributed by atoms with Gasteiger partial charge in [0.1, 0.15) is 18.1 Å². The van der Waals surface area contributed by atoms with Crippen LogP contribution in [0.15, 0.2) is 12.4 Å². The monoisotopic (exact) mass is 445 g/mol. The van der Waals surface area contributed by atoms with Crippen LogP contribution >= 0.6 is 11.8 Å². The molecule has 0 unspecified atom stereocenters. The highest BCUT2D eigenvalue weighted by molar-refractivity contribution is 7.98. The number of rotatable bonds is 8. The van der Waals surface area contributed by atoms with E-state index >= 15 is 0 Å². The predicted molar refractivity (Wildman–Crippen MR) is 99.6 cm³/mol. The minimum atomic E-state index is -1.18. The Morgan fingerprint density at radius 2 is 1.53 bits per heavy atom. The van der Waals surface area contributed by atoms with Crippen molar-refractivity contribution in [1.82, 2.24) is 15.0 Å². The third kappa shape index (κ3) is 6.99. The predicted octanol–water partition coefficient (Wildman–Crippen LogP) is 0.0519. The maximum absolute atomic E-state index is 11.7. The third-order valence-corrected chi connectivity index (χ3v) is 4.91. The number of hydrogen-bond donors (Lipinski definition) is 0. The molecule has 0 bridgehead atoms. The summed E-state index contributed by atoms with van der Waals surface area (Å²) in [5, 5.41) is 7.55. The molecule has 2 heterocycles. The number of thioether (sulfide) groups is 1. The first-order chi connectivity index (χ1) is 14.2. The van der Waals surface area contributed by atoms with Crippen LogP contribution in [0.2, 0.25) is 0 Å². The highest BCUT2D eigenvalue weighted by Gasteiger charge is 2.52. The summed E-state index contributed by atoms with van der Waals surface area (Å²) in [4.78, 5) is 46.4. The fourth-order valence-corrected chi connectivity index (χ4v) is 3.83. The highest BCUT2D eigenvalue weighted by atomic mass is 32.2. The van der Waals surface area contributed by atoms with Crippen LogP contribution in [0, 0.1) is 0 Å². The number of ether oxygens (including phenoxy) is 5. The van der Waals surface area contributed by atoms with Crippen molar-refractivity contribution in [3.8, 4) is 0 Å². The minimum Gasteiger partial charge on any atom is -0.463 e. The van der Waals surface area contributed by atoms with Gasteiger partial charge in [0.2, 0.25) is 0 Å². The average Bonchev–Trinajstić information content (AvgIpc) is 3.15. The summed E-state index contributed by atoms with van der Waals surface area (Å²) in [7, 11) is 0.